The molecule has 0 heterocycles. The molecule has 0 saturated carbocycles. The van der Waals surface area contributed by atoms with Crippen molar-refractivity contribution in [2.75, 3.05) is 12.5 Å². The average molecular weight is 275 g/mol. The summed E-state index contributed by atoms with van der Waals surface area (Å²) in [7, 11) is 0. The van der Waals surface area contributed by atoms with Crippen LogP contribution in [0.25, 0.3) is 0 Å². The smallest absolute Gasteiger partial charge is 0.338 e. The molecule has 17 heavy (non-hydrogen) atoms. The van der Waals surface area contributed by atoms with E-state index in [1.165, 1.54) is 6.07 Å². The number of rotatable bonds is 5. The Bertz CT molecular complexity index is 430. The molecule has 1 aromatic rings. The van der Waals surface area contributed by atoms with Crippen molar-refractivity contribution < 1.29 is 14.3 Å². The summed E-state index contributed by atoms with van der Waals surface area (Å²) in [4.78, 5) is 22.9. The standard InChI is InChI=1S/C12H12Cl2O3/c1-2-17-12(16)11-6-9(14)4-3-8(11)5-10(15)7-13/h3-4,6H,2,5,7H2,1H3. The number of alkyl halides is 1. The molecule has 0 atom stereocenters. The molecule has 3 nitrogen and oxygen atoms in total. The maximum atomic E-state index is 11.7. The van der Waals surface area contributed by atoms with E-state index >= 15 is 0 Å². The van der Waals surface area contributed by atoms with Gasteiger partial charge in [-0.3, -0.25) is 4.79 Å². The quantitative estimate of drug-likeness (QED) is 0.613. The van der Waals surface area contributed by atoms with Crippen molar-refractivity contribution in [2.24, 2.45) is 0 Å². The molecule has 0 fully saturated rings. The van der Waals surface area contributed by atoms with Gasteiger partial charge in [-0.1, -0.05) is 17.7 Å². The third-order valence-electron chi connectivity index (χ3n) is 2.10. The summed E-state index contributed by atoms with van der Waals surface area (Å²) in [5, 5.41) is 0.426. The molecular weight excluding hydrogens is 263 g/mol. The lowest BCUT2D eigenvalue weighted by atomic mass is 10.0. The number of Topliss-reactive ketones (excluding diaryl/α,β-unsaturated/α-hetero) is 1. The Morgan fingerprint density at radius 3 is 2.65 bits per heavy atom. The van der Waals surface area contributed by atoms with Crippen LogP contribution < -0.4 is 0 Å². The molecule has 0 spiro atoms. The zero-order chi connectivity index (χ0) is 12.8. The zero-order valence-corrected chi connectivity index (χ0v) is 10.8. The van der Waals surface area contributed by atoms with Crippen molar-refractivity contribution in [1.29, 1.82) is 0 Å². The van der Waals surface area contributed by atoms with Crippen LogP contribution in [0, 0.1) is 0 Å². The SMILES string of the molecule is CCOC(=O)c1cc(Cl)ccc1CC(=O)CCl. The van der Waals surface area contributed by atoms with Crippen LogP contribution >= 0.6 is 23.2 Å². The van der Waals surface area contributed by atoms with E-state index in [0.29, 0.717) is 16.1 Å². The van der Waals surface area contributed by atoms with Gasteiger partial charge in [0, 0.05) is 11.4 Å². The summed E-state index contributed by atoms with van der Waals surface area (Å²) in [6, 6.07) is 4.76. The first-order chi connectivity index (χ1) is 8.08. The highest BCUT2D eigenvalue weighted by molar-refractivity contribution is 6.31. The summed E-state index contributed by atoms with van der Waals surface area (Å²) in [6.45, 7) is 1.99. The second-order valence-corrected chi connectivity index (χ2v) is 4.07. The molecular formula is C12H12Cl2O3. The minimum Gasteiger partial charge on any atom is -0.462 e. The van der Waals surface area contributed by atoms with Gasteiger partial charge in [0.1, 0.15) is 0 Å². The van der Waals surface area contributed by atoms with Crippen LogP contribution in [0.15, 0.2) is 18.2 Å². The average Bonchev–Trinajstić information content (AvgIpc) is 2.31. The molecule has 0 bridgehead atoms. The third kappa shape index (κ3) is 4.02. The Hall–Kier alpha value is -1.06. The Morgan fingerprint density at radius 1 is 1.35 bits per heavy atom. The lowest BCUT2D eigenvalue weighted by molar-refractivity contribution is -0.116. The number of esters is 1. The molecule has 0 amide bonds. The molecule has 0 radical (unpaired) electrons. The Kier molecular flexibility index (Phi) is 5.45. The van der Waals surface area contributed by atoms with Crippen molar-refractivity contribution >= 4 is 35.0 Å². The van der Waals surface area contributed by atoms with Crippen LogP contribution in [-0.2, 0) is 16.0 Å². The maximum Gasteiger partial charge on any atom is 0.338 e. The number of hydrogen-bond acceptors (Lipinski definition) is 3. The van der Waals surface area contributed by atoms with Crippen molar-refractivity contribution in [3.8, 4) is 0 Å². The van der Waals surface area contributed by atoms with E-state index in [9.17, 15) is 9.59 Å². The van der Waals surface area contributed by atoms with Crippen molar-refractivity contribution in [3.63, 3.8) is 0 Å². The fourth-order valence-corrected chi connectivity index (χ4v) is 1.63. The van der Waals surface area contributed by atoms with Crippen LogP contribution in [0.4, 0.5) is 0 Å². The fraction of sp³-hybridized carbons (Fsp3) is 0.333. The van der Waals surface area contributed by atoms with Crippen LogP contribution in [0.1, 0.15) is 22.8 Å². The number of carbonyl (C=O) groups excluding carboxylic acids is 2. The minimum absolute atomic E-state index is 0.0785. The first kappa shape index (κ1) is 14.0. The second kappa shape index (κ2) is 6.62. The Labute approximate surface area is 110 Å². The van der Waals surface area contributed by atoms with Crippen molar-refractivity contribution in [1.82, 2.24) is 0 Å². The summed E-state index contributed by atoms with van der Waals surface area (Å²) < 4.78 is 4.90. The molecule has 0 aliphatic rings. The molecule has 0 saturated heterocycles. The van der Waals surface area contributed by atoms with Gasteiger partial charge in [-0.2, -0.15) is 0 Å². The minimum atomic E-state index is -0.479. The first-order valence-corrected chi connectivity index (χ1v) is 6.03. The van der Waals surface area contributed by atoms with E-state index in [-0.39, 0.29) is 24.7 Å². The van der Waals surface area contributed by atoms with Crippen molar-refractivity contribution in [2.45, 2.75) is 13.3 Å². The van der Waals surface area contributed by atoms with E-state index in [4.69, 9.17) is 27.9 Å². The van der Waals surface area contributed by atoms with Gasteiger partial charge in [0.25, 0.3) is 0 Å². The summed E-state index contributed by atoms with van der Waals surface area (Å²) in [5.74, 6) is -0.711. The van der Waals surface area contributed by atoms with Crippen LogP contribution in [0.5, 0.6) is 0 Å². The molecule has 0 unspecified atom stereocenters. The molecule has 1 aromatic carbocycles. The van der Waals surface area contributed by atoms with Gasteiger partial charge in [-0.25, -0.2) is 4.79 Å². The predicted octanol–water partition coefficient (Wildman–Crippen LogP) is 2.87. The largest absolute Gasteiger partial charge is 0.462 e. The third-order valence-corrected chi connectivity index (χ3v) is 2.64. The Morgan fingerprint density at radius 2 is 2.06 bits per heavy atom. The topological polar surface area (TPSA) is 43.4 Å². The van der Waals surface area contributed by atoms with Gasteiger partial charge in [-0.05, 0) is 24.6 Å². The number of benzene rings is 1. The number of halogens is 2. The van der Waals surface area contributed by atoms with Crippen molar-refractivity contribution in [3.05, 3.63) is 34.3 Å². The van der Waals surface area contributed by atoms with Crippen LogP contribution in [0.2, 0.25) is 5.02 Å². The monoisotopic (exact) mass is 274 g/mol. The molecule has 0 aliphatic carbocycles. The second-order valence-electron chi connectivity index (χ2n) is 3.37. The number of ketones is 1. The highest BCUT2D eigenvalue weighted by atomic mass is 35.5. The summed E-state index contributed by atoms with van der Waals surface area (Å²) in [6.07, 6.45) is 0.106. The maximum absolute atomic E-state index is 11.7. The predicted molar refractivity (Wildman–Crippen MR) is 66.8 cm³/mol. The summed E-state index contributed by atoms with van der Waals surface area (Å²) in [5.41, 5.74) is 0.899. The lowest BCUT2D eigenvalue weighted by Gasteiger charge is -2.08. The van der Waals surface area contributed by atoms with Gasteiger partial charge in [0.15, 0.2) is 5.78 Å². The van der Waals surface area contributed by atoms with Crippen LogP contribution in [-0.4, -0.2) is 24.2 Å². The molecule has 0 aromatic heterocycles. The number of ether oxygens (including phenoxy) is 1. The van der Waals surface area contributed by atoms with E-state index in [0.717, 1.165) is 0 Å². The molecule has 92 valence electrons. The Balaban J connectivity index is 3.03. The molecule has 0 aliphatic heterocycles. The van der Waals surface area contributed by atoms with Gasteiger partial charge in [0.2, 0.25) is 0 Å². The first-order valence-electron chi connectivity index (χ1n) is 5.11. The lowest BCUT2D eigenvalue weighted by Crippen LogP contribution is -2.12. The zero-order valence-electron chi connectivity index (χ0n) is 9.33. The van der Waals surface area contributed by atoms with E-state index in [1.807, 2.05) is 0 Å². The number of carbonyl (C=O) groups is 2. The number of hydrogen-bond donors (Lipinski definition) is 0. The fourth-order valence-electron chi connectivity index (χ4n) is 1.36. The van der Waals surface area contributed by atoms with E-state index in [1.54, 1.807) is 19.1 Å². The molecule has 5 heteroatoms. The van der Waals surface area contributed by atoms with Gasteiger partial charge in [-0.15, -0.1) is 11.6 Å². The van der Waals surface area contributed by atoms with Gasteiger partial charge in [0.05, 0.1) is 18.1 Å². The van der Waals surface area contributed by atoms with Gasteiger partial charge >= 0.3 is 5.97 Å². The van der Waals surface area contributed by atoms with E-state index < -0.39 is 5.97 Å². The highest BCUT2D eigenvalue weighted by Gasteiger charge is 2.15. The highest BCUT2D eigenvalue weighted by Crippen LogP contribution is 2.18. The normalized spacial score (nSPS) is 10.1. The summed E-state index contributed by atoms with van der Waals surface area (Å²) >= 11 is 11.2. The van der Waals surface area contributed by atoms with Crippen LogP contribution in [0.3, 0.4) is 0 Å². The molecule has 1 rings (SSSR count). The van der Waals surface area contributed by atoms with E-state index in [2.05, 4.69) is 0 Å². The molecule has 0 N–H and O–H groups in total. The van der Waals surface area contributed by atoms with Gasteiger partial charge < -0.3 is 4.74 Å².